The number of aromatic nitrogens is 4. The number of allylic oxidation sites excluding steroid dienone is 1. The van der Waals surface area contributed by atoms with E-state index in [0.29, 0.717) is 37.2 Å². The van der Waals surface area contributed by atoms with Gasteiger partial charge >= 0.3 is 0 Å². The summed E-state index contributed by atoms with van der Waals surface area (Å²) in [6, 6.07) is 11.8. The summed E-state index contributed by atoms with van der Waals surface area (Å²) in [4.78, 5) is 16.6. The van der Waals surface area contributed by atoms with Crippen molar-refractivity contribution in [3.63, 3.8) is 0 Å². The van der Waals surface area contributed by atoms with Crippen molar-refractivity contribution in [3.8, 4) is 17.2 Å². The Kier molecular flexibility index (Phi) is 5.39. The summed E-state index contributed by atoms with van der Waals surface area (Å²) in [7, 11) is 0. The number of piperidine rings is 1. The number of hydrogen-bond donors (Lipinski definition) is 0. The zero-order valence-electron chi connectivity index (χ0n) is 22.1. The summed E-state index contributed by atoms with van der Waals surface area (Å²) in [5, 5.41) is 14.1. The zero-order chi connectivity index (χ0) is 26.8. The van der Waals surface area contributed by atoms with E-state index in [1.807, 2.05) is 29.6 Å². The van der Waals surface area contributed by atoms with Gasteiger partial charge in [0, 0.05) is 74.7 Å². The van der Waals surface area contributed by atoms with Crippen LogP contribution < -0.4 is 9.80 Å². The number of piperazine rings is 1. The van der Waals surface area contributed by atoms with Crippen molar-refractivity contribution in [2.24, 2.45) is 0 Å². The second kappa shape index (κ2) is 9.14. The van der Waals surface area contributed by atoms with Gasteiger partial charge in [-0.3, -0.25) is 9.88 Å². The smallest absolute Gasteiger partial charge is 0.128 e. The summed E-state index contributed by atoms with van der Waals surface area (Å²) >= 11 is 0. The molecule has 3 atom stereocenters. The van der Waals surface area contributed by atoms with Crippen molar-refractivity contribution in [3.05, 3.63) is 77.5 Å². The minimum Gasteiger partial charge on any atom is -0.367 e. The van der Waals surface area contributed by atoms with E-state index in [1.165, 1.54) is 23.2 Å². The lowest BCUT2D eigenvalue weighted by molar-refractivity contribution is -0.00876. The van der Waals surface area contributed by atoms with Crippen molar-refractivity contribution in [1.82, 2.24) is 24.5 Å². The Bertz CT molecular complexity index is 1670. The average Bonchev–Trinajstić information content (AvgIpc) is 3.75. The van der Waals surface area contributed by atoms with Crippen LogP contribution in [-0.2, 0) is 13.0 Å². The molecule has 40 heavy (non-hydrogen) atoms. The average molecular weight is 533 g/mol. The fourth-order valence-corrected chi connectivity index (χ4v) is 6.86. The molecule has 0 spiro atoms. The maximum absolute atomic E-state index is 14.0. The van der Waals surface area contributed by atoms with E-state index in [2.05, 4.69) is 56.3 Å². The molecule has 0 amide bonds. The van der Waals surface area contributed by atoms with Crippen LogP contribution in [0.3, 0.4) is 0 Å². The Morgan fingerprint density at radius 3 is 2.70 bits per heavy atom. The molecule has 0 saturated carbocycles. The zero-order valence-corrected chi connectivity index (χ0v) is 22.1. The van der Waals surface area contributed by atoms with Crippen LogP contribution in [0.2, 0.25) is 0 Å². The van der Waals surface area contributed by atoms with Crippen LogP contribution in [0.1, 0.15) is 35.2 Å². The Labute approximate surface area is 232 Å². The minimum atomic E-state index is -0.818. The molecule has 0 aromatic carbocycles. The number of anilines is 2. The molecule has 9 rings (SSSR count). The molecular formula is C31H29FN8. The number of alkyl halides is 1. The van der Waals surface area contributed by atoms with E-state index in [-0.39, 0.29) is 0 Å². The number of halogens is 1. The molecule has 4 aromatic rings. The van der Waals surface area contributed by atoms with Crippen LogP contribution >= 0.6 is 0 Å². The third-order valence-corrected chi connectivity index (χ3v) is 8.98. The van der Waals surface area contributed by atoms with Crippen LogP contribution in [0.25, 0.3) is 22.7 Å². The number of rotatable bonds is 5. The van der Waals surface area contributed by atoms with E-state index < -0.39 is 6.17 Å². The first-order valence-corrected chi connectivity index (χ1v) is 14.0. The van der Waals surface area contributed by atoms with Crippen LogP contribution in [0.15, 0.2) is 55.1 Å². The molecule has 8 heterocycles. The predicted molar refractivity (Wildman–Crippen MR) is 152 cm³/mol. The number of fused-ring (bicyclic) bond motifs is 4. The molecule has 200 valence electrons. The highest BCUT2D eigenvalue weighted by Gasteiger charge is 2.44. The van der Waals surface area contributed by atoms with Crippen molar-refractivity contribution < 1.29 is 4.39 Å². The fraction of sp³-hybridized carbons (Fsp3) is 0.355. The first-order chi connectivity index (χ1) is 19.6. The van der Waals surface area contributed by atoms with Gasteiger partial charge in [-0.1, -0.05) is 12.2 Å². The lowest BCUT2D eigenvalue weighted by atomic mass is 9.86. The molecule has 8 nitrogen and oxygen atoms in total. The van der Waals surface area contributed by atoms with Crippen molar-refractivity contribution in [2.45, 2.75) is 44.1 Å². The second-order valence-electron chi connectivity index (χ2n) is 11.4. The molecule has 2 unspecified atom stereocenters. The van der Waals surface area contributed by atoms with Crippen LogP contribution in [-0.4, -0.2) is 68.9 Å². The summed E-state index contributed by atoms with van der Waals surface area (Å²) in [6.07, 6.45) is 13.7. The van der Waals surface area contributed by atoms with Gasteiger partial charge < -0.3 is 9.80 Å². The molecule has 4 saturated heterocycles. The molecule has 4 aliphatic heterocycles. The lowest BCUT2D eigenvalue weighted by Gasteiger charge is -2.56. The van der Waals surface area contributed by atoms with Gasteiger partial charge in [0.2, 0.25) is 0 Å². The first-order valence-electron chi connectivity index (χ1n) is 14.0. The predicted octanol–water partition coefficient (Wildman–Crippen LogP) is 4.24. The molecular weight excluding hydrogens is 503 g/mol. The Hall–Kier alpha value is -4.29. The first kappa shape index (κ1) is 23.6. The van der Waals surface area contributed by atoms with Gasteiger partial charge in [0.1, 0.15) is 18.1 Å². The normalized spacial score (nSPS) is 23.4. The highest BCUT2D eigenvalue weighted by Crippen LogP contribution is 2.37. The van der Waals surface area contributed by atoms with Crippen molar-refractivity contribution in [2.75, 3.05) is 36.0 Å². The van der Waals surface area contributed by atoms with E-state index in [4.69, 9.17) is 4.98 Å². The Balaban J connectivity index is 1.02. The topological polar surface area (TPSA) is 76.6 Å². The highest BCUT2D eigenvalue weighted by atomic mass is 19.1. The van der Waals surface area contributed by atoms with Gasteiger partial charge in [0.15, 0.2) is 0 Å². The van der Waals surface area contributed by atoms with E-state index in [0.717, 1.165) is 54.2 Å². The van der Waals surface area contributed by atoms with Crippen LogP contribution in [0, 0.1) is 11.3 Å². The Morgan fingerprint density at radius 1 is 1.02 bits per heavy atom. The largest absolute Gasteiger partial charge is 0.367 e. The Morgan fingerprint density at radius 2 is 1.93 bits per heavy atom. The molecule has 4 aromatic heterocycles. The molecule has 0 N–H and O–H groups in total. The van der Waals surface area contributed by atoms with E-state index >= 15 is 0 Å². The highest BCUT2D eigenvalue weighted by molar-refractivity contribution is 5.86. The SMILES string of the molecule is N#Cc1cnn2cc(N3CC[C@H](F)C3)cc(-c3ccc(N4CC5CC(C4)N5Cc4cnc5c(c4)C=CC5)nc3)c12. The second-order valence-corrected chi connectivity index (χ2v) is 11.4. The third kappa shape index (κ3) is 3.86. The fourth-order valence-electron chi connectivity index (χ4n) is 6.86. The summed E-state index contributed by atoms with van der Waals surface area (Å²) in [5.41, 5.74) is 7.72. The number of pyridine rings is 3. The summed E-state index contributed by atoms with van der Waals surface area (Å²) < 4.78 is 15.7. The van der Waals surface area contributed by atoms with Crippen molar-refractivity contribution >= 4 is 23.1 Å². The van der Waals surface area contributed by atoms with Gasteiger partial charge in [0.25, 0.3) is 0 Å². The van der Waals surface area contributed by atoms with E-state index in [9.17, 15) is 9.65 Å². The minimum absolute atomic E-state index is 0.378. The van der Waals surface area contributed by atoms with Crippen molar-refractivity contribution in [1.29, 1.82) is 5.26 Å². The van der Waals surface area contributed by atoms with E-state index in [1.54, 1.807) is 10.7 Å². The quantitative estimate of drug-likeness (QED) is 0.381. The molecule has 1 aliphatic carbocycles. The van der Waals surface area contributed by atoms with Crippen LogP contribution in [0.5, 0.6) is 0 Å². The third-order valence-electron chi connectivity index (χ3n) is 8.98. The molecule has 4 fully saturated rings. The van der Waals surface area contributed by atoms with Gasteiger partial charge in [-0.25, -0.2) is 13.9 Å². The number of nitriles is 1. The number of nitrogens with zero attached hydrogens (tertiary/aromatic N) is 8. The molecule has 9 heteroatoms. The molecule has 2 bridgehead atoms. The van der Waals surface area contributed by atoms with Gasteiger partial charge in [-0.05, 0) is 48.2 Å². The van der Waals surface area contributed by atoms with Crippen LogP contribution in [0.4, 0.5) is 15.9 Å². The standard InChI is InChI=1S/C31H29FN8/c32-24-6-7-37(16-24)25-10-28(31-23(11-33)14-36-40(31)19-25)22-4-5-30(35-13-22)38-17-26-9-27(18-38)39(26)15-20-8-21-2-1-3-29(21)34-12-20/h1-2,4-5,8,10,12-14,19,24,26-27H,3,6-7,9,15-18H2/t24-,26?,27?/m0/s1. The summed E-state index contributed by atoms with van der Waals surface area (Å²) in [5.74, 6) is 0.975. The lowest BCUT2D eigenvalue weighted by Crippen LogP contribution is -2.68. The molecule has 5 aliphatic rings. The molecule has 0 radical (unpaired) electrons. The monoisotopic (exact) mass is 532 g/mol. The van der Waals surface area contributed by atoms with Gasteiger partial charge in [-0.15, -0.1) is 0 Å². The maximum atomic E-state index is 14.0. The summed E-state index contributed by atoms with van der Waals surface area (Å²) in [6.45, 7) is 3.92. The van der Waals surface area contributed by atoms with Gasteiger partial charge in [0.05, 0.1) is 34.9 Å². The maximum Gasteiger partial charge on any atom is 0.128 e. The number of hydrogen-bond acceptors (Lipinski definition) is 7. The van der Waals surface area contributed by atoms with Gasteiger partial charge in [-0.2, -0.15) is 10.4 Å².